The summed E-state index contributed by atoms with van der Waals surface area (Å²) >= 11 is 0. The van der Waals surface area contributed by atoms with Crippen molar-refractivity contribution in [3.8, 4) is 0 Å². The molecule has 1 aliphatic carbocycles. The maximum absolute atomic E-state index is 12.5. The number of hydrogen-bond acceptors (Lipinski definition) is 2. The first-order valence-corrected chi connectivity index (χ1v) is 7.29. The number of benzene rings is 2. The molecule has 0 aliphatic heterocycles. The summed E-state index contributed by atoms with van der Waals surface area (Å²) in [6, 6.07) is 16.3. The summed E-state index contributed by atoms with van der Waals surface area (Å²) in [7, 11) is 1.88. The van der Waals surface area contributed by atoms with Crippen LogP contribution in [-0.4, -0.2) is 17.9 Å². The van der Waals surface area contributed by atoms with Crippen LogP contribution in [-0.2, 0) is 24.3 Å². The van der Waals surface area contributed by atoms with E-state index >= 15 is 0 Å². The van der Waals surface area contributed by atoms with Crippen LogP contribution in [0.3, 0.4) is 0 Å². The number of nitrogens with zero attached hydrogens (tertiary/aromatic N) is 1. The second-order valence-electron chi connectivity index (χ2n) is 5.67. The smallest absolute Gasteiger partial charge is 0.230 e. The van der Waals surface area contributed by atoms with E-state index in [0.29, 0.717) is 13.1 Å². The van der Waals surface area contributed by atoms with Gasteiger partial charge in [-0.25, -0.2) is 0 Å². The van der Waals surface area contributed by atoms with Gasteiger partial charge in [-0.15, -0.1) is 0 Å². The van der Waals surface area contributed by atoms with E-state index in [4.69, 9.17) is 5.73 Å². The third kappa shape index (κ3) is 2.69. The molecule has 0 saturated carbocycles. The molecule has 0 aromatic heterocycles. The molecular formula is C18H20N2O. The predicted molar refractivity (Wildman–Crippen MR) is 83.7 cm³/mol. The molecule has 108 valence electrons. The average Bonchev–Trinajstić information content (AvgIpc) is 2.49. The molecule has 0 spiro atoms. The number of amides is 1. The maximum atomic E-state index is 12.5. The van der Waals surface area contributed by atoms with Crippen LogP contribution in [0.25, 0.3) is 0 Å². The van der Waals surface area contributed by atoms with Gasteiger partial charge in [0.05, 0.1) is 5.92 Å². The molecule has 3 heteroatoms. The van der Waals surface area contributed by atoms with E-state index in [2.05, 4.69) is 12.1 Å². The Morgan fingerprint density at radius 3 is 2.48 bits per heavy atom. The normalized spacial score (nSPS) is 16.0. The Balaban J connectivity index is 1.65. The van der Waals surface area contributed by atoms with E-state index in [1.165, 1.54) is 11.1 Å². The van der Waals surface area contributed by atoms with Gasteiger partial charge in [0.25, 0.3) is 0 Å². The maximum Gasteiger partial charge on any atom is 0.230 e. The summed E-state index contributed by atoms with van der Waals surface area (Å²) in [6.07, 6.45) is 0.867. The fraction of sp³-hybridized carbons (Fsp3) is 0.278. The highest BCUT2D eigenvalue weighted by atomic mass is 16.2. The van der Waals surface area contributed by atoms with E-state index in [1.807, 2.05) is 48.3 Å². The summed E-state index contributed by atoms with van der Waals surface area (Å²) in [5.41, 5.74) is 10.3. The summed E-state index contributed by atoms with van der Waals surface area (Å²) in [5.74, 6) is 0.242. The molecule has 1 aliphatic rings. The van der Waals surface area contributed by atoms with Gasteiger partial charge in [0.1, 0.15) is 0 Å². The highest BCUT2D eigenvalue weighted by Gasteiger charge is 2.33. The summed E-state index contributed by atoms with van der Waals surface area (Å²) in [5, 5.41) is 0. The van der Waals surface area contributed by atoms with Crippen LogP contribution < -0.4 is 5.73 Å². The standard InChI is InChI=1S/C18H20N2O/c1-20(12-14-8-6-13(11-19)7-9-14)18(21)17-10-15-4-2-3-5-16(15)17/h2-9,17H,10-12,19H2,1H3. The Kier molecular flexibility index (Phi) is 3.76. The van der Waals surface area contributed by atoms with Gasteiger partial charge in [0.15, 0.2) is 0 Å². The molecule has 21 heavy (non-hydrogen) atoms. The van der Waals surface area contributed by atoms with E-state index < -0.39 is 0 Å². The first kappa shape index (κ1) is 13.8. The molecule has 0 bridgehead atoms. The molecule has 2 aromatic rings. The van der Waals surface area contributed by atoms with Crippen LogP contribution in [0.2, 0.25) is 0 Å². The molecule has 2 aromatic carbocycles. The lowest BCUT2D eigenvalue weighted by atomic mass is 9.77. The summed E-state index contributed by atoms with van der Waals surface area (Å²) < 4.78 is 0. The molecule has 0 saturated heterocycles. The number of nitrogens with two attached hydrogens (primary N) is 1. The number of fused-ring (bicyclic) bond motifs is 1. The fourth-order valence-corrected chi connectivity index (χ4v) is 2.88. The van der Waals surface area contributed by atoms with Gasteiger partial charge < -0.3 is 10.6 Å². The average molecular weight is 280 g/mol. The topological polar surface area (TPSA) is 46.3 Å². The first-order valence-electron chi connectivity index (χ1n) is 7.29. The minimum absolute atomic E-state index is 0.0366. The number of likely N-dealkylation sites (N-methyl/N-ethyl adjacent to an activating group) is 1. The van der Waals surface area contributed by atoms with E-state index in [-0.39, 0.29) is 11.8 Å². The molecule has 0 heterocycles. The zero-order valence-corrected chi connectivity index (χ0v) is 12.3. The number of hydrogen-bond donors (Lipinski definition) is 1. The Morgan fingerprint density at radius 2 is 1.81 bits per heavy atom. The molecule has 3 nitrogen and oxygen atoms in total. The van der Waals surface area contributed by atoms with Crippen LogP contribution in [0.5, 0.6) is 0 Å². The van der Waals surface area contributed by atoms with Crippen LogP contribution >= 0.6 is 0 Å². The van der Waals surface area contributed by atoms with E-state index in [9.17, 15) is 4.79 Å². The van der Waals surface area contributed by atoms with Gasteiger partial charge in [0.2, 0.25) is 5.91 Å². The van der Waals surface area contributed by atoms with Crippen LogP contribution in [0.1, 0.15) is 28.2 Å². The fourth-order valence-electron chi connectivity index (χ4n) is 2.88. The quantitative estimate of drug-likeness (QED) is 0.935. The second kappa shape index (κ2) is 5.70. The van der Waals surface area contributed by atoms with Crippen molar-refractivity contribution >= 4 is 5.91 Å². The molecule has 1 atom stereocenters. The monoisotopic (exact) mass is 280 g/mol. The molecule has 1 amide bonds. The van der Waals surface area contributed by atoms with Crippen molar-refractivity contribution in [2.75, 3.05) is 7.05 Å². The van der Waals surface area contributed by atoms with E-state index in [1.54, 1.807) is 0 Å². The SMILES string of the molecule is CN(Cc1ccc(CN)cc1)C(=O)C1Cc2ccccc21. The second-order valence-corrected chi connectivity index (χ2v) is 5.67. The highest BCUT2D eigenvalue weighted by Crippen LogP contribution is 2.36. The van der Waals surface area contributed by atoms with Crippen LogP contribution in [0.15, 0.2) is 48.5 Å². The number of carbonyl (C=O) groups is 1. The van der Waals surface area contributed by atoms with Gasteiger partial charge in [-0.3, -0.25) is 4.79 Å². The molecular weight excluding hydrogens is 260 g/mol. The van der Waals surface area contributed by atoms with E-state index in [0.717, 1.165) is 17.5 Å². The number of rotatable bonds is 4. The highest BCUT2D eigenvalue weighted by molar-refractivity contribution is 5.86. The minimum Gasteiger partial charge on any atom is -0.341 e. The van der Waals surface area contributed by atoms with Gasteiger partial charge in [-0.2, -0.15) is 0 Å². The predicted octanol–water partition coefficient (Wildman–Crippen LogP) is 2.44. The van der Waals surface area contributed by atoms with Crippen molar-refractivity contribution in [2.45, 2.75) is 25.4 Å². The molecule has 0 fully saturated rings. The Bertz CT molecular complexity index is 649. The first-order chi connectivity index (χ1) is 10.2. The van der Waals surface area contributed by atoms with Crippen molar-refractivity contribution in [3.63, 3.8) is 0 Å². The van der Waals surface area contributed by atoms with Crippen molar-refractivity contribution < 1.29 is 4.79 Å². The van der Waals surface area contributed by atoms with Gasteiger partial charge >= 0.3 is 0 Å². The molecule has 1 unspecified atom stereocenters. The van der Waals surface area contributed by atoms with Crippen LogP contribution in [0.4, 0.5) is 0 Å². The molecule has 0 radical (unpaired) electrons. The Hall–Kier alpha value is -2.13. The third-order valence-corrected chi connectivity index (χ3v) is 4.21. The zero-order chi connectivity index (χ0) is 14.8. The van der Waals surface area contributed by atoms with Gasteiger partial charge in [-0.1, -0.05) is 48.5 Å². The summed E-state index contributed by atoms with van der Waals surface area (Å²) in [6.45, 7) is 1.19. The lowest BCUT2D eigenvalue weighted by Crippen LogP contribution is -2.36. The largest absolute Gasteiger partial charge is 0.341 e. The lowest BCUT2D eigenvalue weighted by Gasteiger charge is -2.32. The zero-order valence-electron chi connectivity index (χ0n) is 12.3. The number of carbonyl (C=O) groups excluding carboxylic acids is 1. The Labute approximate surface area is 125 Å². The van der Waals surface area contributed by atoms with Gasteiger partial charge in [0, 0.05) is 20.1 Å². The van der Waals surface area contributed by atoms with Crippen LogP contribution in [0, 0.1) is 0 Å². The Morgan fingerprint density at radius 1 is 1.14 bits per heavy atom. The van der Waals surface area contributed by atoms with Crippen molar-refractivity contribution in [1.29, 1.82) is 0 Å². The lowest BCUT2D eigenvalue weighted by molar-refractivity contribution is -0.132. The summed E-state index contributed by atoms with van der Waals surface area (Å²) in [4.78, 5) is 14.3. The minimum atomic E-state index is 0.0366. The third-order valence-electron chi connectivity index (χ3n) is 4.21. The van der Waals surface area contributed by atoms with Crippen molar-refractivity contribution in [2.24, 2.45) is 5.73 Å². The molecule has 2 N–H and O–H groups in total. The van der Waals surface area contributed by atoms with Crippen molar-refractivity contribution in [1.82, 2.24) is 4.90 Å². The van der Waals surface area contributed by atoms with Crippen molar-refractivity contribution in [3.05, 3.63) is 70.8 Å². The molecule has 3 rings (SSSR count). The van der Waals surface area contributed by atoms with Gasteiger partial charge in [-0.05, 0) is 28.7 Å².